The summed E-state index contributed by atoms with van der Waals surface area (Å²) in [5.74, 6) is 0.764. The second-order valence-corrected chi connectivity index (χ2v) is 12.7. The van der Waals surface area contributed by atoms with Crippen LogP contribution in [0.25, 0.3) is 0 Å². The number of ether oxygens (including phenoxy) is 1. The summed E-state index contributed by atoms with van der Waals surface area (Å²) in [5.41, 5.74) is 0. The smallest absolute Gasteiger partial charge is 0.409 e. The molecule has 19 heavy (non-hydrogen) atoms. The van der Waals surface area contributed by atoms with Gasteiger partial charge in [0, 0.05) is 27.2 Å². The average Bonchev–Trinajstić information content (AvgIpc) is 2.36. The molecule has 2 saturated heterocycles. The molecule has 2 aliphatic heterocycles. The number of hydrogen-bond acceptors (Lipinski definition) is 3. The molecule has 2 aliphatic rings. The monoisotopic (exact) mass is 284 g/mol. The van der Waals surface area contributed by atoms with Crippen LogP contribution in [0.2, 0.25) is 25.7 Å². The molecular weight excluding hydrogens is 256 g/mol. The first-order valence-electron chi connectivity index (χ1n) is 7.61. The molecule has 2 unspecified atom stereocenters. The van der Waals surface area contributed by atoms with Crippen LogP contribution in [-0.2, 0) is 4.74 Å². The quantitative estimate of drug-likeness (QED) is 0.810. The van der Waals surface area contributed by atoms with E-state index in [1.807, 2.05) is 4.90 Å². The van der Waals surface area contributed by atoms with Gasteiger partial charge in [-0.05, 0) is 37.8 Å². The highest BCUT2D eigenvalue weighted by Gasteiger charge is 2.33. The fourth-order valence-corrected chi connectivity index (χ4v) is 3.65. The lowest BCUT2D eigenvalue weighted by Gasteiger charge is -2.41. The molecule has 2 rings (SSSR count). The van der Waals surface area contributed by atoms with Crippen molar-refractivity contribution < 1.29 is 9.53 Å². The third-order valence-electron chi connectivity index (χ3n) is 4.25. The van der Waals surface area contributed by atoms with Gasteiger partial charge in [-0.15, -0.1) is 0 Å². The number of carbonyl (C=O) groups excluding carboxylic acids is 1. The maximum Gasteiger partial charge on any atom is 0.409 e. The molecule has 1 N–H and O–H groups in total. The average molecular weight is 284 g/mol. The number of piperidine rings is 2. The maximum absolute atomic E-state index is 12.0. The lowest BCUT2D eigenvalue weighted by molar-refractivity contribution is 0.0729. The van der Waals surface area contributed by atoms with Crippen LogP contribution in [0.3, 0.4) is 0 Å². The first-order chi connectivity index (χ1) is 8.96. The fourth-order valence-electron chi connectivity index (χ4n) is 2.93. The van der Waals surface area contributed by atoms with E-state index < -0.39 is 8.07 Å². The number of nitrogens with one attached hydrogen (secondary N) is 1. The Hall–Kier alpha value is -0.553. The van der Waals surface area contributed by atoms with Gasteiger partial charge in [-0.1, -0.05) is 19.6 Å². The molecule has 0 aromatic carbocycles. The molecule has 0 radical (unpaired) electrons. The van der Waals surface area contributed by atoms with Crippen LogP contribution in [0.5, 0.6) is 0 Å². The van der Waals surface area contributed by atoms with E-state index in [1.165, 1.54) is 12.8 Å². The van der Waals surface area contributed by atoms with Crippen molar-refractivity contribution in [2.75, 3.05) is 26.2 Å². The van der Waals surface area contributed by atoms with Crippen molar-refractivity contribution in [3.05, 3.63) is 0 Å². The Bertz CT molecular complexity index is 317. The largest absolute Gasteiger partial charge is 0.450 e. The molecule has 4 nitrogen and oxygen atoms in total. The predicted octanol–water partition coefficient (Wildman–Crippen LogP) is 2.54. The van der Waals surface area contributed by atoms with Crippen molar-refractivity contribution in [1.29, 1.82) is 0 Å². The van der Waals surface area contributed by atoms with Crippen molar-refractivity contribution in [1.82, 2.24) is 10.2 Å². The number of amides is 1. The highest BCUT2D eigenvalue weighted by atomic mass is 28.3. The number of hydrogen-bond donors (Lipinski definition) is 1. The molecule has 2 fully saturated rings. The number of fused-ring (bicyclic) bond motifs is 1. The van der Waals surface area contributed by atoms with E-state index in [9.17, 15) is 4.79 Å². The van der Waals surface area contributed by atoms with Gasteiger partial charge < -0.3 is 15.0 Å². The van der Waals surface area contributed by atoms with Crippen LogP contribution in [0.1, 0.15) is 19.3 Å². The normalized spacial score (nSPS) is 27.8. The molecule has 0 bridgehead atoms. The summed E-state index contributed by atoms with van der Waals surface area (Å²) < 4.78 is 5.43. The van der Waals surface area contributed by atoms with Crippen molar-refractivity contribution in [2.45, 2.75) is 51.0 Å². The molecule has 0 aromatic rings. The topological polar surface area (TPSA) is 41.6 Å². The minimum absolute atomic E-state index is 0.107. The van der Waals surface area contributed by atoms with Crippen molar-refractivity contribution in [2.24, 2.45) is 5.92 Å². The van der Waals surface area contributed by atoms with Crippen molar-refractivity contribution >= 4 is 14.2 Å². The van der Waals surface area contributed by atoms with Gasteiger partial charge in [-0.2, -0.15) is 0 Å². The number of rotatable bonds is 3. The molecule has 0 saturated carbocycles. The van der Waals surface area contributed by atoms with Gasteiger partial charge in [0.25, 0.3) is 0 Å². The van der Waals surface area contributed by atoms with Crippen LogP contribution < -0.4 is 5.32 Å². The van der Waals surface area contributed by atoms with Gasteiger partial charge in [0.15, 0.2) is 0 Å². The van der Waals surface area contributed by atoms with Crippen LogP contribution >= 0.6 is 0 Å². The molecule has 5 heteroatoms. The third-order valence-corrected chi connectivity index (χ3v) is 5.95. The number of nitrogens with zero attached hydrogens (tertiary/aromatic N) is 1. The van der Waals surface area contributed by atoms with Crippen LogP contribution in [0.4, 0.5) is 4.79 Å². The lowest BCUT2D eigenvalue weighted by Crippen LogP contribution is -2.55. The summed E-state index contributed by atoms with van der Waals surface area (Å²) in [6, 6.07) is 1.55. The molecule has 0 spiro atoms. The summed E-state index contributed by atoms with van der Waals surface area (Å²) in [4.78, 5) is 13.9. The second kappa shape index (κ2) is 6.26. The van der Waals surface area contributed by atoms with Crippen LogP contribution in [0, 0.1) is 5.92 Å². The Kier molecular flexibility index (Phi) is 4.90. The molecule has 2 atom stereocenters. The zero-order valence-electron chi connectivity index (χ0n) is 12.6. The molecule has 1 amide bonds. The molecule has 0 aromatic heterocycles. The summed E-state index contributed by atoms with van der Waals surface area (Å²) in [5, 5.41) is 3.54. The first kappa shape index (κ1) is 14.8. The van der Waals surface area contributed by atoms with E-state index in [-0.39, 0.29) is 6.09 Å². The zero-order valence-corrected chi connectivity index (χ0v) is 13.6. The predicted molar refractivity (Wildman–Crippen MR) is 80.2 cm³/mol. The third kappa shape index (κ3) is 4.49. The highest BCUT2D eigenvalue weighted by molar-refractivity contribution is 6.76. The zero-order chi connectivity index (χ0) is 13.9. The van der Waals surface area contributed by atoms with Crippen molar-refractivity contribution in [3.63, 3.8) is 0 Å². The minimum atomic E-state index is -1.11. The first-order valence-corrected chi connectivity index (χ1v) is 11.3. The maximum atomic E-state index is 12.0. The standard InChI is InChI=1S/C14H28N2O2Si/c1-19(2,3)10-9-18-14(17)16-8-6-12-5-4-7-15-13(12)11-16/h12-13,15H,4-11H2,1-3H3. The summed E-state index contributed by atoms with van der Waals surface area (Å²) in [6.07, 6.45) is 3.61. The van der Waals surface area contributed by atoms with E-state index in [0.717, 1.165) is 38.0 Å². The Morgan fingerprint density at radius 3 is 2.89 bits per heavy atom. The van der Waals surface area contributed by atoms with Gasteiger partial charge in [-0.3, -0.25) is 0 Å². The van der Waals surface area contributed by atoms with E-state index in [2.05, 4.69) is 25.0 Å². The van der Waals surface area contributed by atoms with Gasteiger partial charge >= 0.3 is 6.09 Å². The van der Waals surface area contributed by atoms with E-state index >= 15 is 0 Å². The number of carbonyl (C=O) groups is 1. The Labute approximate surface area is 117 Å². The van der Waals surface area contributed by atoms with E-state index in [1.54, 1.807) is 0 Å². The SMILES string of the molecule is C[Si](C)(C)CCOC(=O)N1CCC2CCCNC2C1. The Morgan fingerprint density at radius 2 is 2.16 bits per heavy atom. The van der Waals surface area contributed by atoms with Gasteiger partial charge in [-0.25, -0.2) is 4.79 Å². The number of likely N-dealkylation sites (tertiary alicyclic amines) is 1. The minimum Gasteiger partial charge on any atom is -0.450 e. The van der Waals surface area contributed by atoms with Crippen LogP contribution in [0.15, 0.2) is 0 Å². The summed E-state index contributed by atoms with van der Waals surface area (Å²) >= 11 is 0. The molecule has 2 heterocycles. The Balaban J connectivity index is 1.74. The van der Waals surface area contributed by atoms with E-state index in [4.69, 9.17) is 4.74 Å². The molecular formula is C14H28N2O2Si. The van der Waals surface area contributed by atoms with Crippen LogP contribution in [-0.4, -0.2) is 51.4 Å². The van der Waals surface area contributed by atoms with Gasteiger partial charge in [0.1, 0.15) is 0 Å². The van der Waals surface area contributed by atoms with Gasteiger partial charge in [0.05, 0.1) is 6.61 Å². The van der Waals surface area contributed by atoms with Gasteiger partial charge in [0.2, 0.25) is 0 Å². The molecule has 110 valence electrons. The fraction of sp³-hybridized carbons (Fsp3) is 0.929. The highest BCUT2D eigenvalue weighted by Crippen LogP contribution is 2.25. The molecule has 0 aliphatic carbocycles. The summed E-state index contributed by atoms with van der Waals surface area (Å²) in [6.45, 7) is 10.3. The summed E-state index contributed by atoms with van der Waals surface area (Å²) in [7, 11) is -1.11. The Morgan fingerprint density at radius 1 is 1.37 bits per heavy atom. The van der Waals surface area contributed by atoms with E-state index in [0.29, 0.717) is 12.6 Å². The van der Waals surface area contributed by atoms with Crippen molar-refractivity contribution in [3.8, 4) is 0 Å². The lowest BCUT2D eigenvalue weighted by atomic mass is 9.85. The second-order valence-electron chi connectivity index (χ2n) is 7.12.